The number of nitrogens with one attached hydrogen (secondary N) is 1. The summed E-state index contributed by atoms with van der Waals surface area (Å²) in [6, 6.07) is 5.48. The highest BCUT2D eigenvalue weighted by atomic mass is 19.2. The van der Waals surface area contributed by atoms with E-state index in [4.69, 9.17) is 9.47 Å². The van der Waals surface area contributed by atoms with Gasteiger partial charge in [0.05, 0.1) is 18.3 Å². The first-order valence-corrected chi connectivity index (χ1v) is 12.0. The summed E-state index contributed by atoms with van der Waals surface area (Å²) in [5.41, 5.74) is 2.68. The molecule has 0 spiro atoms. The second-order valence-electron chi connectivity index (χ2n) is 9.47. The van der Waals surface area contributed by atoms with Gasteiger partial charge in [0.25, 0.3) is 0 Å². The van der Waals surface area contributed by atoms with Gasteiger partial charge in [0.2, 0.25) is 0 Å². The minimum atomic E-state index is -1.02. The number of halogens is 3. The first-order chi connectivity index (χ1) is 17.4. The molecule has 2 saturated heterocycles. The molecule has 10 heteroatoms. The number of benzene rings is 2. The number of aromatic nitrogens is 3. The van der Waals surface area contributed by atoms with Crippen LogP contribution in [0.3, 0.4) is 0 Å². The molecule has 0 saturated carbocycles. The van der Waals surface area contributed by atoms with Crippen LogP contribution in [0.4, 0.5) is 13.2 Å². The van der Waals surface area contributed by atoms with Gasteiger partial charge < -0.3 is 19.1 Å². The first kappa shape index (κ1) is 23.1. The molecule has 188 valence electrons. The zero-order valence-electron chi connectivity index (χ0n) is 19.3. The molecular formula is C26H24F3N3O4. The van der Waals surface area contributed by atoms with E-state index in [1.807, 2.05) is 4.57 Å². The van der Waals surface area contributed by atoms with Crippen LogP contribution in [0.2, 0.25) is 0 Å². The monoisotopic (exact) mass is 499 g/mol. The van der Waals surface area contributed by atoms with Crippen LogP contribution in [0.15, 0.2) is 30.5 Å². The smallest absolute Gasteiger partial charge is 0.332 e. The number of hydrogen-bond donors (Lipinski definition) is 2. The number of hydrogen-bond acceptors (Lipinski definition) is 4. The Hall–Kier alpha value is -3.37. The molecule has 6 rings (SSSR count). The Bertz CT molecular complexity index is 1470. The van der Waals surface area contributed by atoms with E-state index < -0.39 is 29.5 Å². The lowest BCUT2D eigenvalue weighted by molar-refractivity contribution is -0.153. The van der Waals surface area contributed by atoms with Crippen molar-refractivity contribution in [2.24, 2.45) is 0 Å². The van der Waals surface area contributed by atoms with Crippen molar-refractivity contribution in [2.45, 2.75) is 43.6 Å². The van der Waals surface area contributed by atoms with Gasteiger partial charge >= 0.3 is 5.97 Å². The highest BCUT2D eigenvalue weighted by Crippen LogP contribution is 2.46. The maximum absolute atomic E-state index is 16.2. The Morgan fingerprint density at radius 1 is 1.06 bits per heavy atom. The Balaban J connectivity index is 1.66. The lowest BCUT2D eigenvalue weighted by atomic mass is 9.84. The molecule has 2 aliphatic rings. The minimum Gasteiger partial charge on any atom is -0.479 e. The summed E-state index contributed by atoms with van der Waals surface area (Å²) < 4.78 is 57.5. The molecule has 2 aromatic carbocycles. The van der Waals surface area contributed by atoms with Crippen molar-refractivity contribution in [3.63, 3.8) is 0 Å². The summed E-state index contributed by atoms with van der Waals surface area (Å²) in [6.45, 7) is 1.17. The van der Waals surface area contributed by atoms with Crippen LogP contribution >= 0.6 is 0 Å². The lowest BCUT2D eigenvalue weighted by Crippen LogP contribution is -2.32. The average Bonchev–Trinajstić information content (AvgIpc) is 3.50. The van der Waals surface area contributed by atoms with Gasteiger partial charge in [0.15, 0.2) is 23.6 Å². The zero-order chi connectivity index (χ0) is 25.0. The molecule has 2 atom stereocenters. The van der Waals surface area contributed by atoms with E-state index in [2.05, 4.69) is 10.2 Å². The Morgan fingerprint density at radius 2 is 1.86 bits per heavy atom. The number of aromatic amines is 1. The van der Waals surface area contributed by atoms with Gasteiger partial charge in [0, 0.05) is 53.3 Å². The number of ether oxygens (including phenoxy) is 2. The third kappa shape index (κ3) is 3.67. The van der Waals surface area contributed by atoms with E-state index in [1.54, 1.807) is 6.07 Å². The van der Waals surface area contributed by atoms with E-state index in [-0.39, 0.29) is 24.0 Å². The van der Waals surface area contributed by atoms with Crippen LogP contribution < -0.4 is 0 Å². The molecule has 2 N–H and O–H groups in total. The maximum atomic E-state index is 16.2. The fourth-order valence-electron chi connectivity index (χ4n) is 5.71. The molecule has 0 radical (unpaired) electrons. The van der Waals surface area contributed by atoms with Crippen LogP contribution in [0.1, 0.15) is 48.8 Å². The third-order valence-electron chi connectivity index (χ3n) is 7.41. The molecule has 0 amide bonds. The summed E-state index contributed by atoms with van der Waals surface area (Å²) in [6.07, 6.45) is 2.76. The molecule has 0 aliphatic carbocycles. The third-order valence-corrected chi connectivity index (χ3v) is 7.41. The standard InChI is InChI=1S/C26H24F3N3O4/c27-17-3-2-16(10-18(17)28)32-19-9-15-11-30-31-24(15)23(29)22(19)21(25(32)13-5-7-35-8-6-13)14-1-4-20(26(33)34)36-12-14/h2-3,9-11,13-14,20H,1,4-8,12H2,(H,30,31)(H,33,34). The topological polar surface area (TPSA) is 89.4 Å². The van der Waals surface area contributed by atoms with Gasteiger partial charge in [-0.15, -0.1) is 0 Å². The molecule has 2 unspecified atom stereocenters. The van der Waals surface area contributed by atoms with Crippen molar-refractivity contribution in [2.75, 3.05) is 19.8 Å². The molecule has 2 aliphatic heterocycles. The quantitative estimate of drug-likeness (QED) is 0.405. The summed E-state index contributed by atoms with van der Waals surface area (Å²) >= 11 is 0. The number of nitrogens with zero attached hydrogens (tertiary/aromatic N) is 2. The molecule has 4 aromatic rings. The number of H-pyrrole nitrogens is 1. The Morgan fingerprint density at radius 3 is 2.56 bits per heavy atom. The number of carboxylic acids is 1. The molecular weight excluding hydrogens is 475 g/mol. The summed E-state index contributed by atoms with van der Waals surface area (Å²) in [5, 5.41) is 17.0. The highest BCUT2D eigenvalue weighted by molar-refractivity contribution is 6.00. The normalized spacial score (nSPS) is 21.4. The molecule has 7 nitrogen and oxygen atoms in total. The molecule has 4 heterocycles. The lowest BCUT2D eigenvalue weighted by Gasteiger charge is -2.31. The Labute approximate surface area is 203 Å². The van der Waals surface area contributed by atoms with Crippen molar-refractivity contribution in [3.05, 3.63) is 59.2 Å². The fraction of sp³-hybridized carbons (Fsp3) is 0.385. The number of carbonyl (C=O) groups is 1. The molecule has 2 fully saturated rings. The fourth-order valence-corrected chi connectivity index (χ4v) is 5.71. The summed E-state index contributed by atoms with van der Waals surface area (Å²) in [4.78, 5) is 11.5. The van der Waals surface area contributed by atoms with Gasteiger partial charge in [0.1, 0.15) is 5.52 Å². The SMILES string of the molecule is O=C(O)C1CCC(c2c(C3CCOCC3)n(-c3ccc(F)c(F)c3)c3cc4cn[nH]c4c(F)c23)CO1. The number of fused-ring (bicyclic) bond motifs is 2. The van der Waals surface area contributed by atoms with Gasteiger partial charge in [-0.3, -0.25) is 5.10 Å². The molecule has 2 aromatic heterocycles. The van der Waals surface area contributed by atoms with E-state index in [9.17, 15) is 18.7 Å². The largest absolute Gasteiger partial charge is 0.479 e. The predicted octanol–water partition coefficient (Wildman–Crippen LogP) is 5.17. The number of rotatable bonds is 4. The number of carboxylic acid groups (broad SMARTS) is 1. The van der Waals surface area contributed by atoms with Crippen LogP contribution in [0.5, 0.6) is 0 Å². The van der Waals surface area contributed by atoms with Gasteiger partial charge in [-0.2, -0.15) is 5.10 Å². The van der Waals surface area contributed by atoms with Crippen LogP contribution in [-0.2, 0) is 14.3 Å². The summed E-state index contributed by atoms with van der Waals surface area (Å²) in [7, 11) is 0. The maximum Gasteiger partial charge on any atom is 0.332 e. The van der Waals surface area contributed by atoms with E-state index in [0.717, 1.165) is 23.4 Å². The van der Waals surface area contributed by atoms with Gasteiger partial charge in [-0.1, -0.05) is 0 Å². The van der Waals surface area contributed by atoms with E-state index in [1.165, 1.54) is 12.3 Å². The van der Waals surface area contributed by atoms with Gasteiger partial charge in [-0.25, -0.2) is 18.0 Å². The van der Waals surface area contributed by atoms with Crippen molar-refractivity contribution in [1.29, 1.82) is 0 Å². The average molecular weight is 499 g/mol. The number of aliphatic carboxylic acids is 1. The zero-order valence-corrected chi connectivity index (χ0v) is 19.3. The van der Waals surface area contributed by atoms with Gasteiger partial charge in [-0.05, 0) is 49.4 Å². The molecule has 36 heavy (non-hydrogen) atoms. The van der Waals surface area contributed by atoms with Crippen LogP contribution in [0, 0.1) is 17.5 Å². The second-order valence-corrected chi connectivity index (χ2v) is 9.47. The van der Waals surface area contributed by atoms with Crippen molar-refractivity contribution in [1.82, 2.24) is 14.8 Å². The van der Waals surface area contributed by atoms with Crippen LogP contribution in [0.25, 0.3) is 27.5 Å². The minimum absolute atomic E-state index is 0.0256. The van der Waals surface area contributed by atoms with E-state index in [0.29, 0.717) is 60.9 Å². The van der Waals surface area contributed by atoms with Crippen molar-refractivity contribution < 1.29 is 32.5 Å². The van der Waals surface area contributed by atoms with Crippen LogP contribution in [-0.4, -0.2) is 51.8 Å². The van der Waals surface area contributed by atoms with Crippen molar-refractivity contribution >= 4 is 27.8 Å². The molecule has 0 bridgehead atoms. The first-order valence-electron chi connectivity index (χ1n) is 12.0. The van der Waals surface area contributed by atoms with Crippen molar-refractivity contribution in [3.8, 4) is 5.69 Å². The predicted molar refractivity (Wildman–Crippen MR) is 125 cm³/mol. The highest BCUT2D eigenvalue weighted by Gasteiger charge is 2.36. The summed E-state index contributed by atoms with van der Waals surface area (Å²) in [5.74, 6) is -3.77. The second kappa shape index (κ2) is 8.94. The Kier molecular flexibility index (Phi) is 5.72. The van der Waals surface area contributed by atoms with E-state index >= 15 is 4.39 Å².